The number of nitrogen functional groups attached to an aromatic ring is 1. The molecule has 0 aliphatic rings. The van der Waals surface area contributed by atoms with Crippen LogP contribution in [0.1, 0.15) is 16.9 Å². The number of methoxy groups -OCH3 is 1. The van der Waals surface area contributed by atoms with Crippen LogP contribution in [0.4, 0.5) is 11.5 Å². The van der Waals surface area contributed by atoms with Crippen molar-refractivity contribution in [2.24, 2.45) is 0 Å². The third-order valence-electron chi connectivity index (χ3n) is 5.34. The van der Waals surface area contributed by atoms with E-state index in [1.54, 1.807) is 43.5 Å². The standard InChI is InChI=1S/C26H24N4O5/c1-34-20-10-5-9-18(15-20)12-13-22(31)29(17-21-11-6-14-35-21)23-24(27)30(26(33)28-25(23)32)16-19-7-3-2-4-8-19/h2-15H,16-17,27H2,1H3,(H,28,32,33)/b13-12+. The van der Waals surface area contributed by atoms with Crippen molar-refractivity contribution >= 4 is 23.5 Å². The Morgan fingerprint density at radius 3 is 2.63 bits per heavy atom. The van der Waals surface area contributed by atoms with E-state index in [1.165, 1.54) is 21.8 Å². The predicted molar refractivity (Wildman–Crippen MR) is 133 cm³/mol. The van der Waals surface area contributed by atoms with Gasteiger partial charge in [0.05, 0.1) is 26.5 Å². The van der Waals surface area contributed by atoms with Gasteiger partial charge in [0.2, 0.25) is 0 Å². The molecule has 3 N–H and O–H groups in total. The molecule has 2 heterocycles. The summed E-state index contributed by atoms with van der Waals surface area (Å²) in [6, 6.07) is 19.7. The van der Waals surface area contributed by atoms with Crippen molar-refractivity contribution in [1.82, 2.24) is 9.55 Å². The highest BCUT2D eigenvalue weighted by Crippen LogP contribution is 2.22. The number of aromatic nitrogens is 2. The Labute approximate surface area is 200 Å². The average Bonchev–Trinajstić information content (AvgIpc) is 3.38. The fourth-order valence-electron chi connectivity index (χ4n) is 3.59. The van der Waals surface area contributed by atoms with Crippen LogP contribution in [-0.2, 0) is 17.9 Å². The van der Waals surface area contributed by atoms with Crippen molar-refractivity contribution in [2.45, 2.75) is 13.1 Å². The van der Waals surface area contributed by atoms with Gasteiger partial charge in [0.1, 0.15) is 17.3 Å². The minimum absolute atomic E-state index is 0.0644. The molecule has 2 aromatic heterocycles. The highest BCUT2D eigenvalue weighted by Gasteiger charge is 2.24. The van der Waals surface area contributed by atoms with Crippen molar-refractivity contribution in [3.05, 3.63) is 117 Å². The molecule has 0 saturated carbocycles. The first-order valence-corrected chi connectivity index (χ1v) is 10.8. The summed E-state index contributed by atoms with van der Waals surface area (Å²) in [5.41, 5.74) is 6.28. The lowest BCUT2D eigenvalue weighted by atomic mass is 10.2. The SMILES string of the molecule is COc1cccc(/C=C/C(=O)N(Cc2ccco2)c2c(N)n(Cc3ccccc3)c(=O)[nH]c2=O)c1. The molecule has 1 amide bonds. The number of nitrogens with zero attached hydrogens (tertiary/aromatic N) is 2. The number of nitrogens with one attached hydrogen (secondary N) is 1. The summed E-state index contributed by atoms with van der Waals surface area (Å²) >= 11 is 0. The Morgan fingerprint density at radius 2 is 1.91 bits per heavy atom. The molecule has 9 heteroatoms. The van der Waals surface area contributed by atoms with E-state index < -0.39 is 17.2 Å². The number of carbonyl (C=O) groups excluding carboxylic acids is 1. The topological polar surface area (TPSA) is 124 Å². The molecule has 4 aromatic rings. The number of H-pyrrole nitrogens is 1. The number of carbonyl (C=O) groups is 1. The van der Waals surface area contributed by atoms with Crippen LogP contribution in [0.25, 0.3) is 6.08 Å². The average molecular weight is 473 g/mol. The maximum Gasteiger partial charge on any atom is 0.330 e. The lowest BCUT2D eigenvalue weighted by Crippen LogP contribution is -2.40. The predicted octanol–water partition coefficient (Wildman–Crippen LogP) is 3.02. The van der Waals surface area contributed by atoms with Gasteiger partial charge in [0.25, 0.3) is 11.5 Å². The Balaban J connectivity index is 1.75. The van der Waals surface area contributed by atoms with Gasteiger partial charge in [-0.1, -0.05) is 42.5 Å². The van der Waals surface area contributed by atoms with E-state index in [-0.39, 0.29) is 24.6 Å². The van der Waals surface area contributed by atoms with E-state index in [2.05, 4.69) is 4.98 Å². The molecule has 2 aromatic carbocycles. The van der Waals surface area contributed by atoms with Gasteiger partial charge >= 0.3 is 5.69 Å². The van der Waals surface area contributed by atoms with Crippen molar-refractivity contribution in [3.8, 4) is 5.75 Å². The summed E-state index contributed by atoms with van der Waals surface area (Å²) in [6.45, 7) is 0.0584. The summed E-state index contributed by atoms with van der Waals surface area (Å²) in [5, 5.41) is 0. The van der Waals surface area contributed by atoms with E-state index in [0.717, 1.165) is 11.1 Å². The zero-order valence-corrected chi connectivity index (χ0v) is 19.0. The van der Waals surface area contributed by atoms with Gasteiger partial charge in [0, 0.05) is 6.08 Å². The first-order chi connectivity index (χ1) is 17.0. The molecular weight excluding hydrogens is 448 g/mol. The fourth-order valence-corrected chi connectivity index (χ4v) is 3.59. The highest BCUT2D eigenvalue weighted by molar-refractivity contribution is 6.05. The molecule has 4 rings (SSSR count). The molecule has 0 spiro atoms. The second kappa shape index (κ2) is 10.4. The number of furan rings is 1. The van der Waals surface area contributed by atoms with Gasteiger partial charge in [-0.2, -0.15) is 0 Å². The zero-order valence-electron chi connectivity index (χ0n) is 19.0. The van der Waals surface area contributed by atoms with Gasteiger partial charge in [-0.15, -0.1) is 0 Å². The van der Waals surface area contributed by atoms with Crippen LogP contribution < -0.4 is 26.6 Å². The van der Waals surface area contributed by atoms with Crippen molar-refractivity contribution in [3.63, 3.8) is 0 Å². The second-order valence-corrected chi connectivity index (χ2v) is 7.68. The lowest BCUT2D eigenvalue weighted by molar-refractivity contribution is -0.114. The van der Waals surface area contributed by atoms with Gasteiger partial charge in [-0.05, 0) is 41.5 Å². The maximum atomic E-state index is 13.3. The number of amides is 1. The molecule has 0 radical (unpaired) electrons. The van der Waals surface area contributed by atoms with E-state index >= 15 is 0 Å². The normalized spacial score (nSPS) is 11.0. The molecule has 35 heavy (non-hydrogen) atoms. The van der Waals surface area contributed by atoms with Crippen LogP contribution in [0, 0.1) is 0 Å². The largest absolute Gasteiger partial charge is 0.497 e. The zero-order chi connectivity index (χ0) is 24.8. The van der Waals surface area contributed by atoms with Gasteiger partial charge < -0.3 is 14.9 Å². The van der Waals surface area contributed by atoms with Gasteiger partial charge in [0.15, 0.2) is 5.69 Å². The molecule has 0 atom stereocenters. The van der Waals surface area contributed by atoms with Crippen LogP contribution in [0.15, 0.2) is 93.1 Å². The summed E-state index contributed by atoms with van der Waals surface area (Å²) in [5.74, 6) is 0.428. The fraction of sp³-hybridized carbons (Fsp3) is 0.115. The van der Waals surface area contributed by atoms with Crippen molar-refractivity contribution < 1.29 is 13.9 Å². The third kappa shape index (κ3) is 5.41. The Kier molecular flexibility index (Phi) is 6.96. The number of aromatic amines is 1. The Bertz CT molecular complexity index is 1450. The van der Waals surface area contributed by atoms with E-state index in [4.69, 9.17) is 14.9 Å². The van der Waals surface area contributed by atoms with E-state index in [1.807, 2.05) is 36.4 Å². The molecule has 178 valence electrons. The number of anilines is 2. The first-order valence-electron chi connectivity index (χ1n) is 10.8. The summed E-state index contributed by atoms with van der Waals surface area (Å²) in [4.78, 5) is 42.3. The highest BCUT2D eigenvalue weighted by atomic mass is 16.5. The molecule has 0 aliphatic heterocycles. The monoisotopic (exact) mass is 472 g/mol. The number of hydrogen-bond acceptors (Lipinski definition) is 6. The Hall–Kier alpha value is -4.79. The van der Waals surface area contributed by atoms with E-state index in [9.17, 15) is 14.4 Å². The van der Waals surface area contributed by atoms with Crippen LogP contribution in [0.3, 0.4) is 0 Å². The van der Waals surface area contributed by atoms with Crippen LogP contribution in [0.2, 0.25) is 0 Å². The minimum Gasteiger partial charge on any atom is -0.497 e. The van der Waals surface area contributed by atoms with E-state index in [0.29, 0.717) is 11.5 Å². The van der Waals surface area contributed by atoms with Crippen LogP contribution in [-0.4, -0.2) is 22.6 Å². The molecule has 0 aliphatic carbocycles. The number of nitrogens with two attached hydrogens (primary N) is 1. The van der Waals surface area contributed by atoms with Crippen molar-refractivity contribution in [1.29, 1.82) is 0 Å². The summed E-state index contributed by atoms with van der Waals surface area (Å²) in [6.07, 6.45) is 4.39. The summed E-state index contributed by atoms with van der Waals surface area (Å²) in [7, 11) is 1.55. The number of benzene rings is 2. The number of rotatable bonds is 8. The molecular formula is C26H24N4O5. The minimum atomic E-state index is -0.772. The smallest absolute Gasteiger partial charge is 0.330 e. The Morgan fingerprint density at radius 1 is 1.11 bits per heavy atom. The molecule has 0 bridgehead atoms. The van der Waals surface area contributed by atoms with Crippen molar-refractivity contribution in [2.75, 3.05) is 17.7 Å². The molecule has 0 saturated heterocycles. The third-order valence-corrected chi connectivity index (χ3v) is 5.34. The van der Waals surface area contributed by atoms with Crippen LogP contribution in [0.5, 0.6) is 5.75 Å². The molecule has 0 fully saturated rings. The maximum absolute atomic E-state index is 13.3. The molecule has 9 nitrogen and oxygen atoms in total. The summed E-state index contributed by atoms with van der Waals surface area (Å²) < 4.78 is 11.8. The van der Waals surface area contributed by atoms with Crippen LogP contribution >= 0.6 is 0 Å². The number of ether oxygens (including phenoxy) is 1. The van der Waals surface area contributed by atoms with Gasteiger partial charge in [-0.25, -0.2) is 4.79 Å². The number of hydrogen-bond donors (Lipinski definition) is 2. The molecule has 0 unspecified atom stereocenters. The van der Waals surface area contributed by atoms with Gasteiger partial charge in [-0.3, -0.25) is 24.0 Å². The quantitative estimate of drug-likeness (QED) is 0.380. The second-order valence-electron chi connectivity index (χ2n) is 7.68. The first kappa shape index (κ1) is 23.4. The lowest BCUT2D eigenvalue weighted by Gasteiger charge is -2.22.